The maximum atomic E-state index is 13.4. The molecule has 1 aliphatic carbocycles. The molecule has 0 radical (unpaired) electrons. The van der Waals surface area contributed by atoms with E-state index in [9.17, 15) is 31.5 Å². The van der Waals surface area contributed by atoms with E-state index in [0.29, 0.717) is 6.92 Å². The summed E-state index contributed by atoms with van der Waals surface area (Å²) in [6.45, 7) is 4.87. The predicted octanol–water partition coefficient (Wildman–Crippen LogP) is 3.72. The molecule has 1 aliphatic heterocycles. The predicted molar refractivity (Wildman–Crippen MR) is 124 cm³/mol. The fourth-order valence-corrected chi connectivity index (χ4v) is 6.27. The summed E-state index contributed by atoms with van der Waals surface area (Å²) < 4.78 is 67.1. The molecule has 2 aromatic rings. The summed E-state index contributed by atoms with van der Waals surface area (Å²) in [4.78, 5) is 14.9. The first-order valence-electron chi connectivity index (χ1n) is 11.5. The summed E-state index contributed by atoms with van der Waals surface area (Å²) in [5.41, 5.74) is -1.99. The number of piperazine rings is 1. The van der Waals surface area contributed by atoms with Gasteiger partial charge < -0.3 is 10.0 Å². The van der Waals surface area contributed by atoms with Crippen molar-refractivity contribution in [2.24, 2.45) is 0 Å². The number of aryl methyl sites for hydroxylation is 1. The quantitative estimate of drug-likeness (QED) is 0.665. The molecule has 2 aliphatic rings. The Balaban J connectivity index is 1.48. The van der Waals surface area contributed by atoms with Gasteiger partial charge in [0.25, 0.3) is 0 Å². The summed E-state index contributed by atoms with van der Waals surface area (Å²) in [6, 6.07) is 11.5. The Morgan fingerprint density at radius 2 is 1.60 bits per heavy atom. The third kappa shape index (κ3) is 4.47. The number of halogens is 3. The Kier molecular flexibility index (Phi) is 6.30. The number of alkyl halides is 3. The number of carbonyl (C=O) groups excluding carboxylic acids is 1. The van der Waals surface area contributed by atoms with Crippen molar-refractivity contribution in [2.45, 2.75) is 61.7 Å². The van der Waals surface area contributed by atoms with Crippen molar-refractivity contribution in [1.82, 2.24) is 9.21 Å². The van der Waals surface area contributed by atoms with Gasteiger partial charge >= 0.3 is 6.18 Å². The first-order valence-corrected chi connectivity index (χ1v) is 12.9. The number of amides is 1. The van der Waals surface area contributed by atoms with Crippen molar-refractivity contribution in [3.05, 3.63) is 65.2 Å². The van der Waals surface area contributed by atoms with Crippen LogP contribution in [-0.4, -0.2) is 60.5 Å². The first kappa shape index (κ1) is 25.7. The number of hydrogen-bond donors (Lipinski definition) is 1. The van der Waals surface area contributed by atoms with E-state index < -0.39 is 38.8 Å². The molecular formula is C25H29F3N2O4S. The molecule has 4 rings (SSSR count). The summed E-state index contributed by atoms with van der Waals surface area (Å²) in [5, 5.41) is 9.83. The average molecular weight is 511 g/mol. The molecule has 1 saturated heterocycles. The van der Waals surface area contributed by atoms with Crippen LogP contribution in [0, 0.1) is 6.92 Å². The Hall–Kier alpha value is -2.43. The van der Waals surface area contributed by atoms with Gasteiger partial charge in [-0.2, -0.15) is 17.5 Å². The van der Waals surface area contributed by atoms with Crippen molar-refractivity contribution in [2.75, 3.05) is 19.6 Å². The zero-order valence-corrected chi connectivity index (χ0v) is 20.7. The minimum absolute atomic E-state index is 0.00369. The van der Waals surface area contributed by atoms with E-state index in [4.69, 9.17) is 0 Å². The number of benzene rings is 2. The molecule has 2 fully saturated rings. The molecule has 6 nitrogen and oxygen atoms in total. The molecule has 0 aromatic heterocycles. The van der Waals surface area contributed by atoms with Gasteiger partial charge in [0.1, 0.15) is 0 Å². The van der Waals surface area contributed by atoms with Gasteiger partial charge in [0.15, 0.2) is 5.60 Å². The Morgan fingerprint density at radius 1 is 1.03 bits per heavy atom. The lowest BCUT2D eigenvalue weighted by molar-refractivity contribution is -0.258. The molecule has 2 aromatic carbocycles. The van der Waals surface area contributed by atoms with E-state index in [1.165, 1.54) is 4.31 Å². The van der Waals surface area contributed by atoms with Crippen LogP contribution in [0.25, 0.3) is 0 Å². The Labute approximate surface area is 203 Å². The van der Waals surface area contributed by atoms with Gasteiger partial charge in [-0.05, 0) is 56.9 Å². The lowest BCUT2D eigenvalue weighted by atomic mass is 9.93. The van der Waals surface area contributed by atoms with Crippen LogP contribution in [0.1, 0.15) is 43.4 Å². The Morgan fingerprint density at radius 3 is 2.09 bits per heavy atom. The molecule has 1 N–H and O–H groups in total. The highest BCUT2D eigenvalue weighted by atomic mass is 32.2. The molecule has 1 saturated carbocycles. The zero-order valence-electron chi connectivity index (χ0n) is 19.8. The van der Waals surface area contributed by atoms with Crippen molar-refractivity contribution < 1.29 is 31.5 Å². The molecule has 190 valence electrons. The maximum absolute atomic E-state index is 13.4. The maximum Gasteiger partial charge on any atom is 0.421 e. The van der Waals surface area contributed by atoms with Crippen molar-refractivity contribution >= 4 is 15.9 Å². The molecule has 35 heavy (non-hydrogen) atoms. The second-order valence-electron chi connectivity index (χ2n) is 9.76. The van der Waals surface area contributed by atoms with Gasteiger partial charge in [0.05, 0.1) is 10.3 Å². The van der Waals surface area contributed by atoms with E-state index in [0.717, 1.165) is 48.2 Å². The third-order valence-corrected chi connectivity index (χ3v) is 9.22. The topological polar surface area (TPSA) is 77.9 Å². The second-order valence-corrected chi connectivity index (χ2v) is 11.6. The highest BCUT2D eigenvalue weighted by Crippen LogP contribution is 2.50. The lowest BCUT2D eigenvalue weighted by Gasteiger charge is -2.40. The third-order valence-electron chi connectivity index (χ3n) is 7.19. The molecule has 10 heteroatoms. The van der Waals surface area contributed by atoms with E-state index in [1.807, 2.05) is 31.2 Å². The second kappa shape index (κ2) is 8.60. The zero-order chi connectivity index (χ0) is 25.8. The number of nitrogens with zero attached hydrogens (tertiary/aromatic N) is 2. The summed E-state index contributed by atoms with van der Waals surface area (Å²) in [7, 11) is -4.00. The van der Waals surface area contributed by atoms with Crippen LogP contribution in [0.4, 0.5) is 13.2 Å². The molecule has 1 heterocycles. The summed E-state index contributed by atoms with van der Waals surface area (Å²) in [5.74, 6) is 0.00369. The van der Waals surface area contributed by atoms with Crippen LogP contribution >= 0.6 is 0 Å². The minimum Gasteiger partial charge on any atom is -0.376 e. The van der Waals surface area contributed by atoms with E-state index in [1.54, 1.807) is 11.8 Å². The Bertz CT molecular complexity index is 1200. The van der Waals surface area contributed by atoms with Gasteiger partial charge in [-0.15, -0.1) is 0 Å². The highest BCUT2D eigenvalue weighted by Gasteiger charge is 2.54. The van der Waals surface area contributed by atoms with Crippen LogP contribution in [-0.2, 0) is 25.8 Å². The number of rotatable bonds is 5. The smallest absolute Gasteiger partial charge is 0.376 e. The van der Waals surface area contributed by atoms with Crippen LogP contribution < -0.4 is 0 Å². The number of hydrogen-bond acceptors (Lipinski definition) is 4. The molecule has 0 bridgehead atoms. The van der Waals surface area contributed by atoms with Crippen molar-refractivity contribution in [1.29, 1.82) is 0 Å². The standard InChI is InChI=1S/C25H29F3N2O4S/c1-17-4-6-20(7-5-17)24(12-13-24)22(31)29-14-15-30(18(2)16-29)35(33,34)21-10-8-19(9-11-21)23(3,32)25(26,27)28/h4-11,18,32H,12-16H2,1-3H3. The van der Waals surface area contributed by atoms with Crippen LogP contribution in [0.2, 0.25) is 0 Å². The monoisotopic (exact) mass is 510 g/mol. The lowest BCUT2D eigenvalue weighted by Crippen LogP contribution is -2.57. The van der Waals surface area contributed by atoms with Gasteiger partial charge in [0, 0.05) is 25.7 Å². The van der Waals surface area contributed by atoms with E-state index in [-0.39, 0.29) is 30.4 Å². The number of aliphatic hydroxyl groups is 1. The van der Waals surface area contributed by atoms with Crippen molar-refractivity contribution in [3.63, 3.8) is 0 Å². The van der Waals surface area contributed by atoms with E-state index in [2.05, 4.69) is 0 Å². The van der Waals surface area contributed by atoms with Crippen molar-refractivity contribution in [3.8, 4) is 0 Å². The van der Waals surface area contributed by atoms with Gasteiger partial charge in [-0.25, -0.2) is 8.42 Å². The minimum atomic E-state index is -4.90. The SMILES string of the molecule is Cc1ccc(C2(C(=O)N3CCN(S(=O)(=O)c4ccc(C(C)(O)C(F)(F)F)cc4)C(C)C3)CC2)cc1. The molecular weight excluding hydrogens is 481 g/mol. The summed E-state index contributed by atoms with van der Waals surface area (Å²) >= 11 is 0. The highest BCUT2D eigenvalue weighted by molar-refractivity contribution is 7.89. The van der Waals surface area contributed by atoms with Gasteiger partial charge in [-0.3, -0.25) is 4.79 Å². The molecule has 2 atom stereocenters. The van der Waals surface area contributed by atoms with Crippen LogP contribution in [0.15, 0.2) is 53.4 Å². The number of sulfonamides is 1. The molecule has 2 unspecified atom stereocenters. The number of carbonyl (C=O) groups is 1. The van der Waals surface area contributed by atoms with Crippen LogP contribution in [0.3, 0.4) is 0 Å². The normalized spacial score (nSPS) is 22.5. The van der Waals surface area contributed by atoms with E-state index >= 15 is 0 Å². The van der Waals surface area contributed by atoms with Gasteiger partial charge in [0.2, 0.25) is 15.9 Å². The molecule has 1 amide bonds. The van der Waals surface area contributed by atoms with Crippen LogP contribution in [0.5, 0.6) is 0 Å². The summed E-state index contributed by atoms with van der Waals surface area (Å²) in [6.07, 6.45) is -3.38. The van der Waals surface area contributed by atoms with Gasteiger partial charge in [-0.1, -0.05) is 42.0 Å². The molecule has 0 spiro atoms. The largest absolute Gasteiger partial charge is 0.421 e. The fourth-order valence-electron chi connectivity index (χ4n) is 4.66. The average Bonchev–Trinajstić information content (AvgIpc) is 3.60. The first-order chi connectivity index (χ1) is 16.2. The fraction of sp³-hybridized carbons (Fsp3) is 0.480.